The van der Waals surface area contributed by atoms with E-state index in [0.717, 1.165) is 12.0 Å². The fourth-order valence-corrected chi connectivity index (χ4v) is 1.29. The maximum absolute atomic E-state index is 5.72. The predicted octanol–water partition coefficient (Wildman–Crippen LogP) is 0.205. The van der Waals surface area contributed by atoms with E-state index in [9.17, 15) is 0 Å². The molecule has 0 spiro atoms. The van der Waals surface area contributed by atoms with Crippen LogP contribution < -0.4 is 17.0 Å². The number of hydrogen-bond acceptors (Lipinski definition) is 5. The summed E-state index contributed by atoms with van der Waals surface area (Å²) in [5.41, 5.74) is 9.32. The van der Waals surface area contributed by atoms with Crippen LogP contribution in [0.5, 0.6) is 0 Å². The first-order valence-corrected chi connectivity index (χ1v) is 4.45. The number of hydrogen-bond donors (Lipinski definition) is 3. The molecule has 1 heterocycles. The number of anilines is 1. The minimum absolute atomic E-state index is 0.0105. The maximum Gasteiger partial charge on any atom is 0.128 e. The highest BCUT2D eigenvalue weighted by Crippen LogP contribution is 2.19. The molecule has 0 aliphatic carbocycles. The number of methoxy groups -OCH3 is 1. The Balaban J connectivity index is 2.73. The fourth-order valence-electron chi connectivity index (χ4n) is 1.29. The second-order valence-electron chi connectivity index (χ2n) is 2.98. The van der Waals surface area contributed by atoms with Crippen LogP contribution in [0.1, 0.15) is 18.0 Å². The Hall–Kier alpha value is -1.17. The van der Waals surface area contributed by atoms with Crippen LogP contribution in [0.2, 0.25) is 0 Å². The monoisotopic (exact) mass is 196 g/mol. The Morgan fingerprint density at radius 3 is 3.00 bits per heavy atom. The van der Waals surface area contributed by atoms with Gasteiger partial charge in [0.25, 0.3) is 0 Å². The number of ether oxygens (including phenoxy) is 1. The van der Waals surface area contributed by atoms with Crippen LogP contribution in [0.25, 0.3) is 0 Å². The molecular formula is C9H16N4O. The normalized spacial score (nSPS) is 12.7. The molecule has 0 radical (unpaired) electrons. The first-order valence-electron chi connectivity index (χ1n) is 4.45. The minimum atomic E-state index is -0.0105. The van der Waals surface area contributed by atoms with Gasteiger partial charge in [-0.1, -0.05) is 6.07 Å². The molecule has 0 fully saturated rings. The second-order valence-corrected chi connectivity index (χ2v) is 2.98. The van der Waals surface area contributed by atoms with E-state index in [1.54, 1.807) is 13.3 Å². The number of nitrogen functional groups attached to an aromatic ring is 1. The molecule has 5 heteroatoms. The molecular weight excluding hydrogens is 180 g/mol. The molecule has 1 rings (SSSR count). The van der Waals surface area contributed by atoms with Crippen molar-refractivity contribution in [3.8, 4) is 0 Å². The van der Waals surface area contributed by atoms with Crippen molar-refractivity contribution < 1.29 is 4.74 Å². The lowest BCUT2D eigenvalue weighted by molar-refractivity contribution is 0.183. The minimum Gasteiger partial charge on any atom is -0.385 e. The van der Waals surface area contributed by atoms with Gasteiger partial charge in [0.2, 0.25) is 0 Å². The zero-order valence-corrected chi connectivity index (χ0v) is 8.23. The summed E-state index contributed by atoms with van der Waals surface area (Å²) in [6.07, 6.45) is 2.42. The van der Waals surface area contributed by atoms with E-state index in [-0.39, 0.29) is 6.04 Å². The quantitative estimate of drug-likeness (QED) is 0.463. The van der Waals surface area contributed by atoms with Crippen molar-refractivity contribution in [2.75, 3.05) is 19.5 Å². The third kappa shape index (κ3) is 2.66. The number of nitrogens with zero attached hydrogens (tertiary/aromatic N) is 1. The summed E-state index contributed by atoms with van der Waals surface area (Å²) in [5, 5.41) is 0. The van der Waals surface area contributed by atoms with Gasteiger partial charge in [-0.3, -0.25) is 11.3 Å². The molecule has 0 saturated carbocycles. The van der Waals surface area contributed by atoms with Gasteiger partial charge >= 0.3 is 0 Å². The Morgan fingerprint density at radius 2 is 2.43 bits per heavy atom. The standard InChI is InChI=1S/C9H16N4O/c1-14-6-4-8(13-11)7-3-2-5-12-9(7)10/h2-3,5,8,13H,4,6,11H2,1H3,(H2,10,12). The summed E-state index contributed by atoms with van der Waals surface area (Å²) in [6, 6.07) is 3.73. The van der Waals surface area contributed by atoms with Crippen LogP contribution in [0.3, 0.4) is 0 Å². The Labute approximate surface area is 83.4 Å². The van der Waals surface area contributed by atoms with E-state index < -0.39 is 0 Å². The zero-order chi connectivity index (χ0) is 10.4. The van der Waals surface area contributed by atoms with Crippen LogP contribution in [0, 0.1) is 0 Å². The van der Waals surface area contributed by atoms with Gasteiger partial charge in [-0.25, -0.2) is 4.98 Å². The van der Waals surface area contributed by atoms with E-state index >= 15 is 0 Å². The second kappa shape index (κ2) is 5.54. The molecule has 0 aliphatic rings. The van der Waals surface area contributed by atoms with Gasteiger partial charge in [-0.05, 0) is 12.5 Å². The van der Waals surface area contributed by atoms with E-state index in [1.807, 2.05) is 12.1 Å². The van der Waals surface area contributed by atoms with E-state index in [0.29, 0.717) is 12.4 Å². The summed E-state index contributed by atoms with van der Waals surface area (Å²) < 4.78 is 4.98. The van der Waals surface area contributed by atoms with Crippen molar-refractivity contribution in [1.29, 1.82) is 0 Å². The van der Waals surface area contributed by atoms with Crippen LogP contribution in [-0.2, 0) is 4.74 Å². The number of aromatic nitrogens is 1. The van der Waals surface area contributed by atoms with Crippen LogP contribution in [-0.4, -0.2) is 18.7 Å². The Morgan fingerprint density at radius 1 is 1.64 bits per heavy atom. The van der Waals surface area contributed by atoms with Crippen LogP contribution in [0.4, 0.5) is 5.82 Å². The highest BCUT2D eigenvalue weighted by Gasteiger charge is 2.12. The zero-order valence-electron chi connectivity index (χ0n) is 8.23. The van der Waals surface area contributed by atoms with Crippen LogP contribution >= 0.6 is 0 Å². The van der Waals surface area contributed by atoms with Gasteiger partial charge in [-0.15, -0.1) is 0 Å². The molecule has 0 aliphatic heterocycles. The lowest BCUT2D eigenvalue weighted by atomic mass is 10.1. The largest absolute Gasteiger partial charge is 0.385 e. The number of pyridine rings is 1. The molecule has 0 amide bonds. The van der Waals surface area contributed by atoms with Crippen molar-refractivity contribution in [2.24, 2.45) is 5.84 Å². The first-order chi connectivity index (χ1) is 6.79. The molecule has 1 aromatic rings. The van der Waals surface area contributed by atoms with Gasteiger partial charge < -0.3 is 10.5 Å². The maximum atomic E-state index is 5.72. The molecule has 5 nitrogen and oxygen atoms in total. The smallest absolute Gasteiger partial charge is 0.128 e. The highest BCUT2D eigenvalue weighted by atomic mass is 16.5. The summed E-state index contributed by atoms with van der Waals surface area (Å²) in [7, 11) is 1.65. The van der Waals surface area contributed by atoms with E-state index in [1.165, 1.54) is 0 Å². The van der Waals surface area contributed by atoms with Crippen LogP contribution in [0.15, 0.2) is 18.3 Å². The molecule has 5 N–H and O–H groups in total. The third-order valence-corrected chi connectivity index (χ3v) is 2.06. The van der Waals surface area contributed by atoms with Crippen molar-refractivity contribution in [2.45, 2.75) is 12.5 Å². The fraction of sp³-hybridized carbons (Fsp3) is 0.444. The molecule has 14 heavy (non-hydrogen) atoms. The van der Waals surface area contributed by atoms with Crippen molar-refractivity contribution in [3.63, 3.8) is 0 Å². The summed E-state index contributed by atoms with van der Waals surface area (Å²) in [6.45, 7) is 0.628. The summed E-state index contributed by atoms with van der Waals surface area (Å²) >= 11 is 0. The Bertz CT molecular complexity index is 279. The van der Waals surface area contributed by atoms with Crippen molar-refractivity contribution >= 4 is 5.82 Å². The topological polar surface area (TPSA) is 86.2 Å². The van der Waals surface area contributed by atoms with E-state index in [4.69, 9.17) is 16.3 Å². The molecule has 78 valence electrons. The lowest BCUT2D eigenvalue weighted by Crippen LogP contribution is -2.29. The van der Waals surface area contributed by atoms with Crippen molar-refractivity contribution in [3.05, 3.63) is 23.9 Å². The number of nitrogens with one attached hydrogen (secondary N) is 1. The molecule has 0 saturated heterocycles. The van der Waals surface area contributed by atoms with E-state index in [2.05, 4.69) is 10.4 Å². The Kier molecular flexibility index (Phi) is 4.31. The molecule has 1 atom stereocenters. The first kappa shape index (κ1) is 10.9. The summed E-state index contributed by atoms with van der Waals surface area (Å²) in [4.78, 5) is 4.00. The average molecular weight is 196 g/mol. The average Bonchev–Trinajstić information content (AvgIpc) is 2.21. The number of rotatable bonds is 5. The van der Waals surface area contributed by atoms with Gasteiger partial charge in [0.1, 0.15) is 5.82 Å². The van der Waals surface area contributed by atoms with Gasteiger partial charge in [-0.2, -0.15) is 0 Å². The third-order valence-electron chi connectivity index (χ3n) is 2.06. The number of hydrazine groups is 1. The van der Waals surface area contributed by atoms with Gasteiger partial charge in [0.15, 0.2) is 0 Å². The van der Waals surface area contributed by atoms with Crippen molar-refractivity contribution in [1.82, 2.24) is 10.4 Å². The SMILES string of the molecule is COCCC(NN)c1cccnc1N. The summed E-state index contributed by atoms with van der Waals surface area (Å²) in [5.74, 6) is 5.93. The van der Waals surface area contributed by atoms with Gasteiger partial charge in [0, 0.05) is 25.5 Å². The molecule has 1 aromatic heterocycles. The highest BCUT2D eigenvalue weighted by molar-refractivity contribution is 5.40. The predicted molar refractivity (Wildman–Crippen MR) is 55.2 cm³/mol. The lowest BCUT2D eigenvalue weighted by Gasteiger charge is -2.16. The van der Waals surface area contributed by atoms with Gasteiger partial charge in [0.05, 0.1) is 6.04 Å². The molecule has 1 unspecified atom stereocenters. The molecule has 0 aromatic carbocycles. The molecule has 0 bridgehead atoms. The number of nitrogens with two attached hydrogens (primary N) is 2.